The fourth-order valence-electron chi connectivity index (χ4n) is 1.22. The number of benzene rings is 1. The van der Waals surface area contributed by atoms with Crippen LogP contribution in [-0.2, 0) is 5.41 Å². The van der Waals surface area contributed by atoms with E-state index in [0.717, 1.165) is 4.90 Å². The van der Waals surface area contributed by atoms with Crippen LogP contribution in [0.4, 0.5) is 13.2 Å². The first-order valence-electron chi connectivity index (χ1n) is 5.12. The molecule has 0 saturated carbocycles. The lowest BCUT2D eigenvalue weighted by Gasteiger charge is -2.19. The summed E-state index contributed by atoms with van der Waals surface area (Å²) < 4.78 is 35.8. The van der Waals surface area contributed by atoms with E-state index in [-0.39, 0.29) is 22.3 Å². The highest BCUT2D eigenvalue weighted by Crippen LogP contribution is 2.35. The van der Waals surface area contributed by atoms with E-state index in [4.69, 9.17) is 0 Å². The lowest BCUT2D eigenvalue weighted by Crippen LogP contribution is -2.10. The molecule has 0 unspecified atom stereocenters. The molecule has 0 aromatic heterocycles. The van der Waals surface area contributed by atoms with Gasteiger partial charge in [-0.1, -0.05) is 32.9 Å². The summed E-state index contributed by atoms with van der Waals surface area (Å²) in [6.07, 6.45) is 0. The molecule has 0 nitrogen and oxygen atoms in total. The zero-order chi connectivity index (χ0) is 13.1. The van der Waals surface area contributed by atoms with Crippen LogP contribution in [0, 0.1) is 0 Å². The van der Waals surface area contributed by atoms with Gasteiger partial charge in [0, 0.05) is 4.90 Å². The Kier molecular flexibility index (Phi) is 4.84. The summed E-state index contributed by atoms with van der Waals surface area (Å²) in [5.74, 6) is 0. The van der Waals surface area contributed by atoms with E-state index in [1.807, 2.05) is 24.3 Å². The molecule has 0 heterocycles. The van der Waals surface area contributed by atoms with Crippen molar-refractivity contribution in [1.29, 1.82) is 0 Å². The number of halogens is 3. The Morgan fingerprint density at radius 2 is 1.53 bits per heavy atom. The van der Waals surface area contributed by atoms with Gasteiger partial charge in [0.25, 0.3) is 0 Å². The standard InChI is InChI=1S/C12H15F3S2/c1-11(2,3)9-4-6-10(7-5-9)16-8-17-12(13,14)15/h4-7H,8H2,1-3H3. The second-order valence-corrected chi connectivity index (χ2v) is 7.08. The number of hydrogen-bond donors (Lipinski definition) is 0. The summed E-state index contributed by atoms with van der Waals surface area (Å²) in [7, 11) is 0. The Labute approximate surface area is 108 Å². The van der Waals surface area contributed by atoms with Gasteiger partial charge in [0.2, 0.25) is 0 Å². The van der Waals surface area contributed by atoms with Crippen molar-refractivity contribution in [2.45, 2.75) is 36.6 Å². The minimum Gasteiger partial charge on any atom is -0.160 e. The Hall–Kier alpha value is -0.290. The fraction of sp³-hybridized carbons (Fsp3) is 0.500. The lowest BCUT2D eigenvalue weighted by atomic mass is 9.87. The van der Waals surface area contributed by atoms with Gasteiger partial charge >= 0.3 is 5.51 Å². The van der Waals surface area contributed by atoms with Gasteiger partial charge in [-0.2, -0.15) is 13.2 Å². The van der Waals surface area contributed by atoms with Crippen LogP contribution >= 0.6 is 23.5 Å². The van der Waals surface area contributed by atoms with Crippen LogP contribution in [0.3, 0.4) is 0 Å². The maximum atomic E-state index is 11.9. The summed E-state index contributed by atoms with van der Waals surface area (Å²) in [5.41, 5.74) is -2.88. The molecular weight excluding hydrogens is 265 g/mol. The lowest BCUT2D eigenvalue weighted by molar-refractivity contribution is -0.0324. The molecule has 0 aliphatic heterocycles. The normalized spacial score (nSPS) is 12.8. The minimum atomic E-state index is -4.14. The van der Waals surface area contributed by atoms with Crippen LogP contribution in [0.25, 0.3) is 0 Å². The number of thioether (sulfide) groups is 2. The maximum absolute atomic E-state index is 11.9. The van der Waals surface area contributed by atoms with E-state index in [2.05, 4.69) is 20.8 Å². The van der Waals surface area contributed by atoms with Crippen molar-refractivity contribution in [3.8, 4) is 0 Å². The van der Waals surface area contributed by atoms with Gasteiger partial charge < -0.3 is 0 Å². The molecule has 1 aromatic rings. The van der Waals surface area contributed by atoms with Gasteiger partial charge in [0.15, 0.2) is 0 Å². The first kappa shape index (κ1) is 14.8. The zero-order valence-electron chi connectivity index (χ0n) is 9.97. The molecule has 1 rings (SSSR count). The molecule has 0 aliphatic carbocycles. The molecule has 1 aromatic carbocycles. The summed E-state index contributed by atoms with van der Waals surface area (Å²) in [5, 5.41) is -0.00162. The van der Waals surface area contributed by atoms with E-state index < -0.39 is 5.51 Å². The summed E-state index contributed by atoms with van der Waals surface area (Å²) >= 11 is 1.21. The zero-order valence-corrected chi connectivity index (χ0v) is 11.6. The Morgan fingerprint density at radius 3 is 1.94 bits per heavy atom. The molecule has 0 N–H and O–H groups in total. The SMILES string of the molecule is CC(C)(C)c1ccc(SCSC(F)(F)F)cc1. The van der Waals surface area contributed by atoms with Crippen molar-refractivity contribution in [1.82, 2.24) is 0 Å². The van der Waals surface area contributed by atoms with Gasteiger partial charge in [-0.3, -0.25) is 0 Å². The van der Waals surface area contributed by atoms with E-state index in [1.165, 1.54) is 17.3 Å². The van der Waals surface area contributed by atoms with Gasteiger partial charge in [0.1, 0.15) is 0 Å². The van der Waals surface area contributed by atoms with Crippen molar-refractivity contribution in [3.05, 3.63) is 29.8 Å². The van der Waals surface area contributed by atoms with Gasteiger partial charge in [-0.15, -0.1) is 11.8 Å². The molecule has 5 heteroatoms. The van der Waals surface area contributed by atoms with Crippen LogP contribution in [0.2, 0.25) is 0 Å². The van der Waals surface area contributed by atoms with Crippen molar-refractivity contribution in [3.63, 3.8) is 0 Å². The van der Waals surface area contributed by atoms with Crippen LogP contribution in [0.5, 0.6) is 0 Å². The van der Waals surface area contributed by atoms with Crippen molar-refractivity contribution < 1.29 is 13.2 Å². The van der Waals surface area contributed by atoms with Crippen molar-refractivity contribution >= 4 is 23.5 Å². The molecule has 17 heavy (non-hydrogen) atoms. The molecule has 0 amide bonds. The van der Waals surface area contributed by atoms with Crippen LogP contribution in [0.1, 0.15) is 26.3 Å². The molecule has 0 spiro atoms. The quantitative estimate of drug-likeness (QED) is 0.545. The van der Waals surface area contributed by atoms with Crippen LogP contribution in [0.15, 0.2) is 29.2 Å². The number of alkyl halides is 3. The smallest absolute Gasteiger partial charge is 0.160 e. The second-order valence-electron chi connectivity index (χ2n) is 4.63. The molecule has 0 radical (unpaired) electrons. The van der Waals surface area contributed by atoms with E-state index in [1.54, 1.807) is 0 Å². The third-order valence-corrected chi connectivity index (χ3v) is 4.04. The maximum Gasteiger partial charge on any atom is 0.442 e. The van der Waals surface area contributed by atoms with E-state index in [0.29, 0.717) is 0 Å². The predicted octanol–water partition coefficient (Wildman–Crippen LogP) is 5.29. The van der Waals surface area contributed by atoms with Gasteiger partial charge in [-0.25, -0.2) is 0 Å². The molecule has 0 bridgehead atoms. The molecule has 96 valence electrons. The topological polar surface area (TPSA) is 0 Å². The number of hydrogen-bond acceptors (Lipinski definition) is 2. The van der Waals surface area contributed by atoms with Crippen LogP contribution in [-0.4, -0.2) is 10.6 Å². The third kappa shape index (κ3) is 5.73. The highest BCUT2D eigenvalue weighted by Gasteiger charge is 2.27. The summed E-state index contributed by atoms with van der Waals surface area (Å²) in [4.78, 5) is 0.870. The monoisotopic (exact) mass is 280 g/mol. The van der Waals surface area contributed by atoms with Gasteiger partial charge in [-0.05, 0) is 34.9 Å². The number of rotatable bonds is 3. The third-order valence-electron chi connectivity index (χ3n) is 2.17. The largest absolute Gasteiger partial charge is 0.442 e. The molecule has 0 atom stereocenters. The van der Waals surface area contributed by atoms with Crippen LogP contribution < -0.4 is 0 Å². The van der Waals surface area contributed by atoms with Crippen molar-refractivity contribution in [2.24, 2.45) is 0 Å². The first-order valence-corrected chi connectivity index (χ1v) is 7.10. The molecular formula is C12H15F3S2. The second kappa shape index (κ2) is 5.57. The van der Waals surface area contributed by atoms with E-state index in [9.17, 15) is 13.2 Å². The minimum absolute atomic E-state index is 0.00111. The summed E-state index contributed by atoms with van der Waals surface area (Å²) in [6.45, 7) is 6.32. The summed E-state index contributed by atoms with van der Waals surface area (Å²) in [6, 6.07) is 7.70. The van der Waals surface area contributed by atoms with Crippen molar-refractivity contribution in [2.75, 3.05) is 5.08 Å². The molecule has 0 saturated heterocycles. The Balaban J connectivity index is 2.52. The predicted molar refractivity (Wildman–Crippen MR) is 69.5 cm³/mol. The highest BCUT2D eigenvalue weighted by molar-refractivity contribution is 8.16. The highest BCUT2D eigenvalue weighted by atomic mass is 32.2. The molecule has 0 fully saturated rings. The van der Waals surface area contributed by atoms with Gasteiger partial charge in [0.05, 0.1) is 5.08 Å². The average Bonchev–Trinajstić information content (AvgIpc) is 2.15. The van der Waals surface area contributed by atoms with E-state index >= 15 is 0 Å². The average molecular weight is 280 g/mol. The fourth-order valence-corrected chi connectivity index (χ4v) is 2.86. The molecule has 0 aliphatic rings. The Morgan fingerprint density at radius 1 is 1.00 bits per heavy atom. The first-order chi connectivity index (χ1) is 7.68. The Bertz CT molecular complexity index is 349.